The van der Waals surface area contributed by atoms with E-state index < -0.39 is 5.63 Å². The van der Waals surface area contributed by atoms with Crippen LogP contribution in [0.2, 0.25) is 0 Å². The summed E-state index contributed by atoms with van der Waals surface area (Å²) >= 11 is 0. The lowest BCUT2D eigenvalue weighted by molar-refractivity contribution is 0.395. The Morgan fingerprint density at radius 1 is 1.27 bits per heavy atom. The summed E-state index contributed by atoms with van der Waals surface area (Å²) in [6.07, 6.45) is 1.10. The molecule has 0 saturated carbocycles. The number of fused-ring (bicyclic) bond motifs is 1. The normalized spacial score (nSPS) is 10.3. The monoisotopic (exact) mass is 207 g/mol. The van der Waals surface area contributed by atoms with E-state index in [1.165, 1.54) is 14.2 Å². The minimum Gasteiger partial charge on any atom is -0.497 e. The van der Waals surface area contributed by atoms with Gasteiger partial charge in [0.25, 0.3) is 0 Å². The molecule has 0 aliphatic heterocycles. The van der Waals surface area contributed by atoms with E-state index in [0.29, 0.717) is 22.4 Å². The second-order valence-corrected chi connectivity index (χ2v) is 2.86. The second kappa shape index (κ2) is 3.61. The molecule has 0 saturated heterocycles. The summed E-state index contributed by atoms with van der Waals surface area (Å²) in [6, 6.07) is 3.26. The van der Waals surface area contributed by atoms with Crippen molar-refractivity contribution in [3.8, 4) is 11.5 Å². The number of rotatable bonds is 2. The van der Waals surface area contributed by atoms with Crippen LogP contribution in [0.5, 0.6) is 11.5 Å². The molecule has 0 unspecified atom stereocenters. The Hall–Kier alpha value is -2.04. The molecule has 78 valence electrons. The molecule has 1 heterocycles. The molecule has 0 radical (unpaired) electrons. The molecule has 2 aromatic rings. The van der Waals surface area contributed by atoms with Crippen molar-refractivity contribution >= 4 is 10.9 Å². The van der Waals surface area contributed by atoms with Gasteiger partial charge < -0.3 is 13.9 Å². The third kappa shape index (κ3) is 1.52. The SMILES string of the molecule is COc1cc(OC)c2c(=O)ocnc2c1. The lowest BCUT2D eigenvalue weighted by atomic mass is 10.2. The fraction of sp³-hybridized carbons (Fsp3) is 0.200. The molecule has 1 aromatic carbocycles. The van der Waals surface area contributed by atoms with E-state index in [9.17, 15) is 4.79 Å². The molecule has 1 aromatic heterocycles. The Labute approximate surface area is 85.3 Å². The van der Waals surface area contributed by atoms with Crippen molar-refractivity contribution in [3.05, 3.63) is 28.9 Å². The first kappa shape index (κ1) is 9.51. The minimum absolute atomic E-state index is 0.320. The van der Waals surface area contributed by atoms with Crippen LogP contribution in [0.4, 0.5) is 0 Å². The maximum absolute atomic E-state index is 11.4. The first-order valence-corrected chi connectivity index (χ1v) is 4.26. The maximum Gasteiger partial charge on any atom is 0.350 e. The lowest BCUT2D eigenvalue weighted by Gasteiger charge is -2.05. The highest BCUT2D eigenvalue weighted by molar-refractivity contribution is 5.85. The Morgan fingerprint density at radius 3 is 2.73 bits per heavy atom. The van der Waals surface area contributed by atoms with Gasteiger partial charge in [-0.25, -0.2) is 9.78 Å². The summed E-state index contributed by atoms with van der Waals surface area (Å²) in [5.41, 5.74) is 0.0157. The summed E-state index contributed by atoms with van der Waals surface area (Å²) in [5, 5.41) is 0.320. The Kier molecular flexibility index (Phi) is 2.29. The van der Waals surface area contributed by atoms with E-state index in [2.05, 4.69) is 9.40 Å². The predicted molar refractivity (Wildman–Crippen MR) is 53.4 cm³/mol. The molecule has 0 amide bonds. The average Bonchev–Trinajstić information content (AvgIpc) is 2.27. The number of hydrogen-bond acceptors (Lipinski definition) is 5. The lowest BCUT2D eigenvalue weighted by Crippen LogP contribution is -2.02. The summed E-state index contributed by atoms with van der Waals surface area (Å²) in [4.78, 5) is 15.4. The number of hydrogen-bond donors (Lipinski definition) is 0. The summed E-state index contributed by atoms with van der Waals surface area (Å²) in [5.74, 6) is 0.976. The van der Waals surface area contributed by atoms with Crippen LogP contribution >= 0.6 is 0 Å². The van der Waals surface area contributed by atoms with E-state index in [1.54, 1.807) is 12.1 Å². The number of ether oxygens (including phenoxy) is 2. The van der Waals surface area contributed by atoms with Crippen molar-refractivity contribution in [3.63, 3.8) is 0 Å². The second-order valence-electron chi connectivity index (χ2n) is 2.86. The van der Waals surface area contributed by atoms with Gasteiger partial charge in [0.1, 0.15) is 16.9 Å². The van der Waals surface area contributed by atoms with Crippen molar-refractivity contribution < 1.29 is 13.9 Å². The van der Waals surface area contributed by atoms with Gasteiger partial charge in [-0.2, -0.15) is 0 Å². The molecule has 0 atom stereocenters. The molecule has 0 aliphatic carbocycles. The van der Waals surface area contributed by atoms with Gasteiger partial charge in [0, 0.05) is 12.1 Å². The van der Waals surface area contributed by atoms with Crippen LogP contribution < -0.4 is 15.1 Å². The Bertz CT molecular complexity index is 547. The fourth-order valence-corrected chi connectivity index (χ4v) is 1.35. The van der Waals surface area contributed by atoms with E-state index in [0.717, 1.165) is 6.39 Å². The summed E-state index contributed by atoms with van der Waals surface area (Å²) in [7, 11) is 3.01. The molecule has 0 bridgehead atoms. The van der Waals surface area contributed by atoms with Gasteiger partial charge in [-0.3, -0.25) is 0 Å². The van der Waals surface area contributed by atoms with Crippen LogP contribution in [0.1, 0.15) is 0 Å². The van der Waals surface area contributed by atoms with E-state index >= 15 is 0 Å². The van der Waals surface area contributed by atoms with Crippen LogP contribution in [0.3, 0.4) is 0 Å². The first-order valence-electron chi connectivity index (χ1n) is 4.26. The molecule has 15 heavy (non-hydrogen) atoms. The molecule has 5 nitrogen and oxygen atoms in total. The van der Waals surface area contributed by atoms with E-state index in [1.807, 2.05) is 0 Å². The van der Waals surface area contributed by atoms with Gasteiger partial charge in [-0.05, 0) is 0 Å². The van der Waals surface area contributed by atoms with Crippen LogP contribution in [-0.2, 0) is 0 Å². The third-order valence-corrected chi connectivity index (χ3v) is 2.07. The van der Waals surface area contributed by atoms with Crippen molar-refractivity contribution in [2.75, 3.05) is 14.2 Å². The van der Waals surface area contributed by atoms with Crippen molar-refractivity contribution in [1.82, 2.24) is 4.98 Å². The zero-order valence-corrected chi connectivity index (χ0v) is 8.31. The van der Waals surface area contributed by atoms with E-state index in [4.69, 9.17) is 9.47 Å². The maximum atomic E-state index is 11.4. The van der Waals surface area contributed by atoms with Gasteiger partial charge in [0.2, 0.25) is 0 Å². The molecule has 0 N–H and O–H groups in total. The number of aromatic nitrogens is 1. The zero-order valence-electron chi connectivity index (χ0n) is 8.31. The number of nitrogens with zero attached hydrogens (tertiary/aromatic N) is 1. The predicted octanol–water partition coefficient (Wildman–Crippen LogP) is 1.21. The van der Waals surface area contributed by atoms with Crippen LogP contribution in [-0.4, -0.2) is 19.2 Å². The third-order valence-electron chi connectivity index (χ3n) is 2.07. The molecule has 0 aliphatic rings. The smallest absolute Gasteiger partial charge is 0.350 e. The highest BCUT2D eigenvalue weighted by Gasteiger charge is 2.10. The summed E-state index contributed by atoms with van der Waals surface area (Å²) in [6.45, 7) is 0. The molecular formula is C10H9NO4. The highest BCUT2D eigenvalue weighted by atomic mass is 16.5. The van der Waals surface area contributed by atoms with Gasteiger partial charge >= 0.3 is 5.63 Å². The number of benzene rings is 1. The van der Waals surface area contributed by atoms with Crippen LogP contribution in [0.25, 0.3) is 10.9 Å². The fourth-order valence-electron chi connectivity index (χ4n) is 1.35. The standard InChI is InChI=1S/C10H9NO4/c1-13-6-3-7-9(8(4-6)14-2)10(12)15-5-11-7/h3-5H,1-2H3. The van der Waals surface area contributed by atoms with Crippen molar-refractivity contribution in [1.29, 1.82) is 0 Å². The van der Waals surface area contributed by atoms with Crippen LogP contribution in [0.15, 0.2) is 27.7 Å². The quantitative estimate of drug-likeness (QED) is 0.740. The highest BCUT2D eigenvalue weighted by Crippen LogP contribution is 2.27. The molecular weight excluding hydrogens is 198 g/mol. The first-order chi connectivity index (χ1) is 7.26. The molecule has 0 spiro atoms. The van der Waals surface area contributed by atoms with Gasteiger partial charge in [0.15, 0.2) is 6.39 Å². The average molecular weight is 207 g/mol. The number of methoxy groups -OCH3 is 2. The Balaban J connectivity index is 2.87. The topological polar surface area (TPSA) is 61.6 Å². The zero-order chi connectivity index (χ0) is 10.8. The van der Waals surface area contributed by atoms with Gasteiger partial charge in [-0.1, -0.05) is 0 Å². The minimum atomic E-state index is -0.473. The van der Waals surface area contributed by atoms with Crippen molar-refractivity contribution in [2.45, 2.75) is 0 Å². The Morgan fingerprint density at radius 2 is 2.07 bits per heavy atom. The van der Waals surface area contributed by atoms with Gasteiger partial charge in [0.05, 0.1) is 19.7 Å². The van der Waals surface area contributed by atoms with E-state index in [-0.39, 0.29) is 0 Å². The summed E-state index contributed by atoms with van der Waals surface area (Å²) < 4.78 is 14.8. The molecule has 5 heteroatoms. The van der Waals surface area contributed by atoms with Crippen molar-refractivity contribution in [2.24, 2.45) is 0 Å². The largest absolute Gasteiger partial charge is 0.497 e. The molecule has 0 fully saturated rings. The molecule has 2 rings (SSSR count). The van der Waals surface area contributed by atoms with Gasteiger partial charge in [-0.15, -0.1) is 0 Å². The van der Waals surface area contributed by atoms with Crippen LogP contribution in [0, 0.1) is 0 Å².